The molecule has 1 aromatic heterocycles. The summed E-state index contributed by atoms with van der Waals surface area (Å²) < 4.78 is 15.9. The van der Waals surface area contributed by atoms with E-state index >= 15 is 0 Å². The van der Waals surface area contributed by atoms with E-state index in [1.807, 2.05) is 42.5 Å². The normalized spacial score (nSPS) is 14.4. The molecule has 156 valence electrons. The van der Waals surface area contributed by atoms with Crippen molar-refractivity contribution in [3.05, 3.63) is 54.4 Å². The number of aromatic nitrogens is 2. The number of methoxy groups -OCH3 is 2. The van der Waals surface area contributed by atoms with Gasteiger partial charge in [-0.25, -0.2) is 4.79 Å². The Bertz CT molecular complexity index is 994. The number of carbonyl (C=O) groups is 1. The predicted molar refractivity (Wildman–Crippen MR) is 112 cm³/mol. The minimum absolute atomic E-state index is 0.119. The maximum absolute atomic E-state index is 12.6. The number of benzene rings is 2. The van der Waals surface area contributed by atoms with E-state index in [0.717, 1.165) is 24.2 Å². The molecule has 1 fully saturated rings. The molecular formula is C22H24N4O4. The van der Waals surface area contributed by atoms with Crippen molar-refractivity contribution < 1.29 is 18.8 Å². The Kier molecular flexibility index (Phi) is 5.83. The second kappa shape index (κ2) is 8.86. The number of rotatable bonds is 5. The maximum Gasteiger partial charge on any atom is 0.321 e. The topological polar surface area (TPSA) is 89.7 Å². The van der Waals surface area contributed by atoms with E-state index in [1.165, 1.54) is 0 Å². The van der Waals surface area contributed by atoms with Crippen LogP contribution in [0.4, 0.5) is 10.5 Å². The summed E-state index contributed by atoms with van der Waals surface area (Å²) in [5.74, 6) is 2.81. The largest absolute Gasteiger partial charge is 0.497 e. The Morgan fingerprint density at radius 2 is 1.80 bits per heavy atom. The van der Waals surface area contributed by atoms with Crippen LogP contribution in [0.1, 0.15) is 24.7 Å². The standard InChI is InChI=1S/C22H24N4O4/c1-28-18-8-6-15(7-9-18)20-24-21(30-25-20)16-10-12-26(13-11-16)22(27)23-17-4-3-5-19(14-17)29-2/h3-9,14,16H,10-13H2,1-2H3,(H,23,27). The summed E-state index contributed by atoms with van der Waals surface area (Å²) in [5.41, 5.74) is 1.59. The van der Waals surface area contributed by atoms with E-state index in [1.54, 1.807) is 25.2 Å². The molecule has 2 aromatic carbocycles. The average molecular weight is 408 g/mol. The lowest BCUT2D eigenvalue weighted by Gasteiger charge is -2.30. The van der Waals surface area contributed by atoms with Crippen LogP contribution in [0.5, 0.6) is 11.5 Å². The van der Waals surface area contributed by atoms with Crippen molar-refractivity contribution >= 4 is 11.7 Å². The quantitative estimate of drug-likeness (QED) is 0.682. The highest BCUT2D eigenvalue weighted by atomic mass is 16.5. The number of carbonyl (C=O) groups excluding carboxylic acids is 1. The summed E-state index contributed by atoms with van der Waals surface area (Å²) in [4.78, 5) is 18.9. The molecule has 8 heteroatoms. The monoisotopic (exact) mass is 408 g/mol. The fourth-order valence-electron chi connectivity index (χ4n) is 3.49. The lowest BCUT2D eigenvalue weighted by molar-refractivity contribution is 0.187. The number of urea groups is 1. The van der Waals surface area contributed by atoms with Crippen molar-refractivity contribution in [3.8, 4) is 22.9 Å². The van der Waals surface area contributed by atoms with Crippen LogP contribution in [0, 0.1) is 0 Å². The first kappa shape index (κ1) is 19.8. The van der Waals surface area contributed by atoms with Crippen molar-refractivity contribution in [1.29, 1.82) is 0 Å². The Labute approximate surface area is 174 Å². The molecule has 2 amide bonds. The van der Waals surface area contributed by atoms with Gasteiger partial charge >= 0.3 is 6.03 Å². The summed E-state index contributed by atoms with van der Waals surface area (Å²) in [6.07, 6.45) is 1.55. The molecular weight excluding hydrogens is 384 g/mol. The zero-order valence-corrected chi connectivity index (χ0v) is 17.0. The number of amides is 2. The third-order valence-corrected chi connectivity index (χ3v) is 5.24. The van der Waals surface area contributed by atoms with Gasteiger partial charge in [0.05, 0.1) is 14.2 Å². The number of nitrogens with zero attached hydrogens (tertiary/aromatic N) is 3. The number of nitrogens with one attached hydrogen (secondary N) is 1. The fourth-order valence-corrected chi connectivity index (χ4v) is 3.49. The van der Waals surface area contributed by atoms with Crippen LogP contribution in [-0.2, 0) is 0 Å². The van der Waals surface area contributed by atoms with Gasteiger partial charge in [0.2, 0.25) is 11.7 Å². The molecule has 3 aromatic rings. The molecule has 1 aliphatic heterocycles. The Morgan fingerprint density at radius 1 is 1.07 bits per heavy atom. The third-order valence-electron chi connectivity index (χ3n) is 5.24. The molecule has 0 bridgehead atoms. The third kappa shape index (κ3) is 4.37. The van der Waals surface area contributed by atoms with E-state index < -0.39 is 0 Å². The molecule has 1 aliphatic rings. The first-order chi connectivity index (χ1) is 14.7. The predicted octanol–water partition coefficient (Wildman–Crippen LogP) is 4.17. The highest BCUT2D eigenvalue weighted by molar-refractivity contribution is 5.89. The van der Waals surface area contributed by atoms with Gasteiger partial charge in [0.1, 0.15) is 11.5 Å². The lowest BCUT2D eigenvalue weighted by Crippen LogP contribution is -2.40. The zero-order valence-electron chi connectivity index (χ0n) is 17.0. The van der Waals surface area contributed by atoms with Crippen LogP contribution in [0.25, 0.3) is 11.4 Å². The van der Waals surface area contributed by atoms with Gasteiger partial charge in [0, 0.05) is 36.3 Å². The minimum atomic E-state index is -0.119. The van der Waals surface area contributed by atoms with Crippen LogP contribution in [0.2, 0.25) is 0 Å². The molecule has 2 heterocycles. The van der Waals surface area contributed by atoms with Gasteiger partial charge in [-0.1, -0.05) is 11.2 Å². The molecule has 8 nitrogen and oxygen atoms in total. The minimum Gasteiger partial charge on any atom is -0.497 e. The molecule has 0 saturated carbocycles. The van der Waals surface area contributed by atoms with Crippen LogP contribution in [0.15, 0.2) is 53.1 Å². The molecule has 1 N–H and O–H groups in total. The second-order valence-electron chi connectivity index (χ2n) is 7.11. The summed E-state index contributed by atoms with van der Waals surface area (Å²) in [6, 6.07) is 14.7. The number of anilines is 1. The highest BCUT2D eigenvalue weighted by Crippen LogP contribution is 2.29. The Hall–Kier alpha value is -3.55. The molecule has 0 unspecified atom stereocenters. The molecule has 0 aliphatic carbocycles. The number of hydrogen-bond acceptors (Lipinski definition) is 6. The summed E-state index contributed by atoms with van der Waals surface area (Å²) in [5, 5.41) is 7.03. The zero-order chi connectivity index (χ0) is 20.9. The van der Waals surface area contributed by atoms with Crippen molar-refractivity contribution in [3.63, 3.8) is 0 Å². The van der Waals surface area contributed by atoms with Crippen molar-refractivity contribution in [2.24, 2.45) is 0 Å². The van der Waals surface area contributed by atoms with Crippen molar-refractivity contribution in [2.45, 2.75) is 18.8 Å². The first-order valence-corrected chi connectivity index (χ1v) is 9.84. The van der Waals surface area contributed by atoms with Gasteiger partial charge in [-0.05, 0) is 49.2 Å². The Balaban J connectivity index is 1.34. The van der Waals surface area contributed by atoms with E-state index in [2.05, 4.69) is 15.5 Å². The highest BCUT2D eigenvalue weighted by Gasteiger charge is 2.27. The molecule has 30 heavy (non-hydrogen) atoms. The number of piperidine rings is 1. The average Bonchev–Trinajstić information content (AvgIpc) is 3.29. The van der Waals surface area contributed by atoms with Gasteiger partial charge < -0.3 is 24.2 Å². The van der Waals surface area contributed by atoms with E-state index in [4.69, 9.17) is 14.0 Å². The van der Waals surface area contributed by atoms with Crippen LogP contribution in [-0.4, -0.2) is 48.4 Å². The molecule has 0 spiro atoms. The van der Waals surface area contributed by atoms with Gasteiger partial charge in [-0.15, -0.1) is 0 Å². The lowest BCUT2D eigenvalue weighted by atomic mass is 9.97. The summed E-state index contributed by atoms with van der Waals surface area (Å²) >= 11 is 0. The summed E-state index contributed by atoms with van der Waals surface area (Å²) in [7, 11) is 3.23. The van der Waals surface area contributed by atoms with E-state index in [-0.39, 0.29) is 11.9 Å². The smallest absolute Gasteiger partial charge is 0.321 e. The summed E-state index contributed by atoms with van der Waals surface area (Å²) in [6.45, 7) is 1.25. The number of hydrogen-bond donors (Lipinski definition) is 1. The van der Waals surface area contributed by atoms with Crippen LogP contribution >= 0.6 is 0 Å². The van der Waals surface area contributed by atoms with E-state index in [9.17, 15) is 4.79 Å². The van der Waals surface area contributed by atoms with Crippen LogP contribution < -0.4 is 14.8 Å². The second-order valence-corrected chi connectivity index (χ2v) is 7.11. The van der Waals surface area contributed by atoms with Gasteiger partial charge in [-0.2, -0.15) is 4.98 Å². The molecule has 0 radical (unpaired) electrons. The van der Waals surface area contributed by atoms with Crippen molar-refractivity contribution in [2.75, 3.05) is 32.6 Å². The van der Waals surface area contributed by atoms with Gasteiger partial charge in [0.15, 0.2) is 0 Å². The number of likely N-dealkylation sites (tertiary alicyclic amines) is 1. The first-order valence-electron chi connectivity index (χ1n) is 9.84. The van der Waals surface area contributed by atoms with Gasteiger partial charge in [-0.3, -0.25) is 0 Å². The Morgan fingerprint density at radius 3 is 2.50 bits per heavy atom. The molecule has 1 saturated heterocycles. The van der Waals surface area contributed by atoms with Crippen LogP contribution in [0.3, 0.4) is 0 Å². The SMILES string of the molecule is COc1ccc(-c2noc(C3CCN(C(=O)Nc4cccc(OC)c4)CC3)n2)cc1. The van der Waals surface area contributed by atoms with E-state index in [0.29, 0.717) is 36.2 Å². The molecule has 0 atom stereocenters. The maximum atomic E-state index is 12.6. The molecule has 4 rings (SSSR count). The fraction of sp³-hybridized carbons (Fsp3) is 0.318. The number of ether oxygens (including phenoxy) is 2. The van der Waals surface area contributed by atoms with Gasteiger partial charge in [0.25, 0.3) is 0 Å². The van der Waals surface area contributed by atoms with Crippen molar-refractivity contribution in [1.82, 2.24) is 15.0 Å².